The third-order valence-electron chi connectivity index (χ3n) is 6.07. The van der Waals surface area contributed by atoms with E-state index in [1.54, 1.807) is 6.20 Å². The Labute approximate surface area is 207 Å². The molecule has 0 saturated carbocycles. The van der Waals surface area contributed by atoms with Gasteiger partial charge in [-0.1, -0.05) is 55.3 Å². The van der Waals surface area contributed by atoms with E-state index in [9.17, 15) is 0 Å². The second-order valence-electron chi connectivity index (χ2n) is 9.04. The van der Waals surface area contributed by atoms with Gasteiger partial charge in [-0.2, -0.15) is 11.8 Å². The van der Waals surface area contributed by atoms with Crippen LogP contribution in [-0.4, -0.2) is 40.4 Å². The number of aryl methyl sites for hydroxylation is 2. The number of aromatic nitrogens is 2. The van der Waals surface area contributed by atoms with Crippen molar-refractivity contribution in [3.63, 3.8) is 0 Å². The zero-order valence-corrected chi connectivity index (χ0v) is 21.1. The van der Waals surface area contributed by atoms with Crippen molar-refractivity contribution in [1.82, 2.24) is 9.55 Å². The van der Waals surface area contributed by atoms with Crippen molar-refractivity contribution in [3.8, 4) is 5.75 Å². The van der Waals surface area contributed by atoms with Crippen molar-refractivity contribution >= 4 is 11.8 Å². The predicted molar refractivity (Wildman–Crippen MR) is 138 cm³/mol. The summed E-state index contributed by atoms with van der Waals surface area (Å²) in [4.78, 5) is 4.20. The van der Waals surface area contributed by atoms with E-state index in [4.69, 9.17) is 14.2 Å². The summed E-state index contributed by atoms with van der Waals surface area (Å²) in [5, 5.41) is 0. The van der Waals surface area contributed by atoms with Crippen LogP contribution in [0.3, 0.4) is 0 Å². The first-order chi connectivity index (χ1) is 16.6. The maximum Gasteiger partial charge on any atom is 0.187 e. The summed E-state index contributed by atoms with van der Waals surface area (Å²) in [5.41, 5.74) is 3.91. The summed E-state index contributed by atoms with van der Waals surface area (Å²) in [5.74, 6) is 2.21. The minimum atomic E-state index is -0.633. The topological polar surface area (TPSA) is 45.5 Å². The van der Waals surface area contributed by atoms with Gasteiger partial charge < -0.3 is 18.8 Å². The molecule has 0 bridgehead atoms. The van der Waals surface area contributed by atoms with E-state index in [-0.39, 0.29) is 6.10 Å². The Bertz CT molecular complexity index is 976. The van der Waals surface area contributed by atoms with Crippen LogP contribution in [0.4, 0.5) is 0 Å². The summed E-state index contributed by atoms with van der Waals surface area (Å²) in [6, 6.07) is 17.2. The highest BCUT2D eigenvalue weighted by atomic mass is 32.2. The van der Waals surface area contributed by atoms with E-state index < -0.39 is 5.79 Å². The maximum atomic E-state index is 6.57. The van der Waals surface area contributed by atoms with E-state index in [1.807, 2.05) is 28.9 Å². The van der Waals surface area contributed by atoms with E-state index in [1.165, 1.54) is 16.7 Å². The number of unbranched alkanes of at least 4 members (excludes halogenated alkanes) is 1. The van der Waals surface area contributed by atoms with Crippen molar-refractivity contribution in [3.05, 3.63) is 83.9 Å². The first-order valence-corrected chi connectivity index (χ1v) is 13.4. The van der Waals surface area contributed by atoms with Gasteiger partial charge in [0, 0.05) is 30.3 Å². The van der Waals surface area contributed by atoms with Gasteiger partial charge in [0.05, 0.1) is 32.2 Å². The van der Waals surface area contributed by atoms with Crippen molar-refractivity contribution in [2.45, 2.75) is 63.7 Å². The quantitative estimate of drug-likeness (QED) is 0.279. The lowest BCUT2D eigenvalue weighted by molar-refractivity contribution is -0.180. The second kappa shape index (κ2) is 12.4. The Balaban J connectivity index is 1.31. The van der Waals surface area contributed by atoms with Gasteiger partial charge in [0.1, 0.15) is 5.75 Å². The van der Waals surface area contributed by atoms with Crippen molar-refractivity contribution < 1.29 is 14.2 Å². The molecule has 0 radical (unpaired) electrons. The first kappa shape index (κ1) is 24.8. The smallest absolute Gasteiger partial charge is 0.187 e. The Kier molecular flexibility index (Phi) is 9.08. The fourth-order valence-corrected chi connectivity index (χ4v) is 5.04. The lowest BCUT2D eigenvalue weighted by atomic mass is 10.0. The van der Waals surface area contributed by atoms with Crippen LogP contribution in [0.5, 0.6) is 5.75 Å². The summed E-state index contributed by atoms with van der Waals surface area (Å²) >= 11 is 1.90. The van der Waals surface area contributed by atoms with Crippen LogP contribution in [0, 0.1) is 6.92 Å². The lowest BCUT2D eigenvalue weighted by Crippen LogP contribution is -2.37. The Hall–Kier alpha value is -2.28. The molecular formula is C28H36N2O3S. The van der Waals surface area contributed by atoms with Gasteiger partial charge >= 0.3 is 0 Å². The number of thioether (sulfide) groups is 1. The van der Waals surface area contributed by atoms with Gasteiger partial charge in [-0.3, -0.25) is 0 Å². The van der Waals surface area contributed by atoms with E-state index in [0.717, 1.165) is 49.5 Å². The minimum absolute atomic E-state index is 0.0910. The van der Waals surface area contributed by atoms with Gasteiger partial charge in [0.25, 0.3) is 0 Å². The van der Waals surface area contributed by atoms with E-state index >= 15 is 0 Å². The molecule has 0 aliphatic carbocycles. The molecule has 4 rings (SSSR count). The fraction of sp³-hybridized carbons (Fsp3) is 0.464. The van der Waals surface area contributed by atoms with Gasteiger partial charge in [0.2, 0.25) is 0 Å². The molecule has 1 aromatic heterocycles. The number of ether oxygens (including phenoxy) is 3. The Morgan fingerprint density at radius 1 is 1.12 bits per heavy atom. The normalized spacial score (nSPS) is 20.0. The van der Waals surface area contributed by atoms with Gasteiger partial charge in [-0.05, 0) is 43.0 Å². The Morgan fingerprint density at radius 3 is 2.65 bits per heavy atom. The SMILES string of the molecule is CCCCOc1ccc(CCC2(Cn3ccnc3)OCC(CSCc3ccc(C)cc3)O2)cc1. The molecule has 1 fully saturated rings. The molecular weight excluding hydrogens is 444 g/mol. The standard InChI is InChI=1S/C28H36N2O3S/c1-3-4-17-31-26-11-9-24(10-12-26)13-14-28(21-30-16-15-29-22-30)32-18-27(33-28)20-34-19-25-7-5-23(2)6-8-25/h5-12,15-16,22,27H,3-4,13-14,17-21H2,1-2H3. The molecule has 0 amide bonds. The largest absolute Gasteiger partial charge is 0.494 e. The molecule has 1 aliphatic rings. The number of hydrogen-bond donors (Lipinski definition) is 0. The Morgan fingerprint density at radius 2 is 1.91 bits per heavy atom. The molecule has 2 aromatic carbocycles. The van der Waals surface area contributed by atoms with Crippen LogP contribution in [0.25, 0.3) is 0 Å². The molecule has 2 heterocycles. The average molecular weight is 481 g/mol. The van der Waals surface area contributed by atoms with Crippen LogP contribution >= 0.6 is 11.8 Å². The van der Waals surface area contributed by atoms with E-state index in [0.29, 0.717) is 13.2 Å². The molecule has 2 unspecified atom stereocenters. The maximum absolute atomic E-state index is 6.57. The monoisotopic (exact) mass is 480 g/mol. The molecule has 1 saturated heterocycles. The summed E-state index contributed by atoms with van der Waals surface area (Å²) in [6.07, 6.45) is 9.59. The lowest BCUT2D eigenvalue weighted by Gasteiger charge is -2.28. The van der Waals surface area contributed by atoms with E-state index in [2.05, 4.69) is 67.4 Å². The molecule has 34 heavy (non-hydrogen) atoms. The summed E-state index contributed by atoms with van der Waals surface area (Å²) < 4.78 is 20.8. The molecule has 3 aromatic rings. The molecule has 6 heteroatoms. The van der Waals surface area contributed by atoms with Crippen LogP contribution in [0.15, 0.2) is 67.3 Å². The molecule has 0 N–H and O–H groups in total. The van der Waals surface area contributed by atoms with Crippen LogP contribution < -0.4 is 4.74 Å². The predicted octanol–water partition coefficient (Wildman–Crippen LogP) is 6.05. The molecule has 0 spiro atoms. The molecule has 182 valence electrons. The highest BCUT2D eigenvalue weighted by molar-refractivity contribution is 7.98. The van der Waals surface area contributed by atoms with Gasteiger partial charge in [-0.15, -0.1) is 0 Å². The van der Waals surface area contributed by atoms with Crippen LogP contribution in [-0.2, 0) is 28.2 Å². The highest BCUT2D eigenvalue weighted by Gasteiger charge is 2.41. The number of hydrogen-bond acceptors (Lipinski definition) is 5. The van der Waals surface area contributed by atoms with Gasteiger partial charge in [-0.25, -0.2) is 4.98 Å². The fourth-order valence-electron chi connectivity index (χ4n) is 4.06. The summed E-state index contributed by atoms with van der Waals surface area (Å²) in [6.45, 7) is 6.34. The molecule has 1 aliphatic heterocycles. The molecule has 2 atom stereocenters. The minimum Gasteiger partial charge on any atom is -0.494 e. The van der Waals surface area contributed by atoms with Crippen molar-refractivity contribution in [2.24, 2.45) is 0 Å². The number of rotatable bonds is 13. The average Bonchev–Trinajstić information content (AvgIpc) is 3.51. The molecule has 5 nitrogen and oxygen atoms in total. The number of imidazole rings is 1. The highest BCUT2D eigenvalue weighted by Crippen LogP contribution is 2.33. The zero-order chi connectivity index (χ0) is 23.6. The third kappa shape index (κ3) is 7.36. The third-order valence-corrected chi connectivity index (χ3v) is 7.22. The van der Waals surface area contributed by atoms with Crippen LogP contribution in [0.2, 0.25) is 0 Å². The first-order valence-electron chi connectivity index (χ1n) is 12.3. The van der Waals surface area contributed by atoms with Crippen LogP contribution in [0.1, 0.15) is 42.9 Å². The van der Waals surface area contributed by atoms with Gasteiger partial charge in [0.15, 0.2) is 5.79 Å². The second-order valence-corrected chi connectivity index (χ2v) is 10.1. The number of nitrogens with zero attached hydrogens (tertiary/aromatic N) is 2. The number of benzene rings is 2. The summed E-state index contributed by atoms with van der Waals surface area (Å²) in [7, 11) is 0. The van der Waals surface area contributed by atoms with Crippen molar-refractivity contribution in [2.75, 3.05) is 19.0 Å². The zero-order valence-electron chi connectivity index (χ0n) is 20.3. The van der Waals surface area contributed by atoms with Crippen molar-refractivity contribution in [1.29, 1.82) is 0 Å².